The summed E-state index contributed by atoms with van der Waals surface area (Å²) >= 11 is 4.33. The topological polar surface area (TPSA) is 93.8 Å². The summed E-state index contributed by atoms with van der Waals surface area (Å²) in [4.78, 5) is 22.4. The summed E-state index contributed by atoms with van der Waals surface area (Å²) in [5, 5.41) is 9.54. The van der Waals surface area contributed by atoms with Crippen molar-refractivity contribution in [2.24, 2.45) is 5.10 Å². The number of hydrazone groups is 1. The van der Waals surface area contributed by atoms with E-state index >= 15 is 0 Å². The van der Waals surface area contributed by atoms with Gasteiger partial charge in [0.05, 0.1) is 18.5 Å². The van der Waals surface area contributed by atoms with Gasteiger partial charge in [0.2, 0.25) is 10.1 Å². The van der Waals surface area contributed by atoms with E-state index < -0.39 is 0 Å². The molecule has 0 unspecified atom stereocenters. The molecule has 4 aromatic rings. The zero-order valence-electron chi connectivity index (χ0n) is 17.4. The number of hydrogen-bond donors (Lipinski definition) is 1. The predicted octanol–water partition coefficient (Wildman–Crippen LogP) is 5.12. The van der Waals surface area contributed by atoms with Crippen LogP contribution >= 0.6 is 34.4 Å². The van der Waals surface area contributed by atoms with Crippen molar-refractivity contribution in [3.63, 3.8) is 0 Å². The van der Waals surface area contributed by atoms with Gasteiger partial charge in [0, 0.05) is 11.3 Å². The molecule has 3 heterocycles. The molecule has 32 heavy (non-hydrogen) atoms. The Morgan fingerprint density at radius 3 is 2.88 bits per heavy atom. The first-order chi connectivity index (χ1) is 15.6. The van der Waals surface area contributed by atoms with Gasteiger partial charge in [-0.1, -0.05) is 70.8 Å². The Morgan fingerprint density at radius 1 is 1.31 bits per heavy atom. The zero-order chi connectivity index (χ0) is 22.5. The van der Waals surface area contributed by atoms with Gasteiger partial charge in [0.25, 0.3) is 0 Å². The van der Waals surface area contributed by atoms with Gasteiger partial charge in [-0.15, -0.1) is 11.7 Å². The molecule has 0 aliphatic rings. The number of benzene rings is 1. The maximum Gasteiger partial charge on any atom is 0.350 e. The number of carbonyl (C=O) groups excluding carboxylic acids is 1. The molecule has 1 aromatic carbocycles. The Labute approximate surface area is 197 Å². The van der Waals surface area contributed by atoms with Crippen LogP contribution in [-0.2, 0) is 4.74 Å². The first kappa shape index (κ1) is 22.2. The molecular weight excluding hydrogens is 464 g/mol. The van der Waals surface area contributed by atoms with Crippen LogP contribution in [0.2, 0.25) is 0 Å². The van der Waals surface area contributed by atoms with Gasteiger partial charge in [-0.2, -0.15) is 5.10 Å². The van der Waals surface area contributed by atoms with Gasteiger partial charge >= 0.3 is 5.97 Å². The Bertz CT molecular complexity index is 1280. The fourth-order valence-electron chi connectivity index (χ4n) is 2.84. The van der Waals surface area contributed by atoms with E-state index in [4.69, 9.17) is 9.72 Å². The highest BCUT2D eigenvalue weighted by molar-refractivity contribution is 8.01. The van der Waals surface area contributed by atoms with Crippen molar-refractivity contribution in [3.8, 4) is 11.3 Å². The standard InChI is InChI=1S/C21H20N6O2S3/c1-4-11-30-21-26-27-15(16(24-20(27)32-21)14-9-7-6-8-10-14)12-22-25-19-23-13(3)17(31-19)18(28)29-5-2/h4,6-10,12H,1,5,11H2,2-3H3,(H,23,25)/b22-12+. The lowest BCUT2D eigenvalue weighted by molar-refractivity contribution is 0.0531. The average Bonchev–Trinajstić information content (AvgIpc) is 3.46. The minimum absolute atomic E-state index is 0.317. The summed E-state index contributed by atoms with van der Waals surface area (Å²) in [6.45, 7) is 7.61. The number of aryl methyl sites for hydroxylation is 1. The second-order valence-corrected chi connectivity index (χ2v) is 9.62. The van der Waals surface area contributed by atoms with Gasteiger partial charge in [0.15, 0.2) is 4.34 Å². The average molecular weight is 485 g/mol. The monoisotopic (exact) mass is 484 g/mol. The molecule has 0 aliphatic heterocycles. The number of esters is 1. The number of hydrogen-bond acceptors (Lipinski definition) is 10. The summed E-state index contributed by atoms with van der Waals surface area (Å²) in [6.07, 6.45) is 3.52. The van der Waals surface area contributed by atoms with Crippen LogP contribution in [0.1, 0.15) is 28.0 Å². The third kappa shape index (κ3) is 4.74. The maximum absolute atomic E-state index is 12.0. The van der Waals surface area contributed by atoms with Gasteiger partial charge < -0.3 is 4.74 Å². The zero-order valence-corrected chi connectivity index (χ0v) is 19.9. The lowest BCUT2D eigenvalue weighted by atomic mass is 10.1. The van der Waals surface area contributed by atoms with E-state index in [0.717, 1.165) is 32.0 Å². The summed E-state index contributed by atoms with van der Waals surface area (Å²) in [5.41, 5.74) is 6.03. The van der Waals surface area contributed by atoms with E-state index in [9.17, 15) is 4.79 Å². The fourth-order valence-corrected chi connectivity index (χ4v) is 5.35. The van der Waals surface area contributed by atoms with Gasteiger partial charge in [-0.05, 0) is 13.8 Å². The molecule has 8 nitrogen and oxygen atoms in total. The van der Waals surface area contributed by atoms with Crippen molar-refractivity contribution in [1.82, 2.24) is 19.6 Å². The van der Waals surface area contributed by atoms with Crippen LogP contribution in [0.3, 0.4) is 0 Å². The van der Waals surface area contributed by atoms with Crippen molar-refractivity contribution >= 4 is 56.7 Å². The summed E-state index contributed by atoms with van der Waals surface area (Å²) in [6, 6.07) is 9.90. The predicted molar refractivity (Wildman–Crippen MR) is 131 cm³/mol. The normalized spacial score (nSPS) is 11.3. The number of nitrogens with one attached hydrogen (secondary N) is 1. The Morgan fingerprint density at radius 2 is 2.12 bits per heavy atom. The number of thioether (sulfide) groups is 1. The molecule has 164 valence electrons. The highest BCUT2D eigenvalue weighted by Gasteiger charge is 2.18. The molecule has 0 saturated heterocycles. The third-order valence-corrected chi connectivity index (χ3v) is 7.28. The Hall–Kier alpha value is -3.02. The quantitative estimate of drug-likeness (QED) is 0.116. The van der Waals surface area contributed by atoms with Crippen LogP contribution in [-0.4, -0.2) is 44.1 Å². The molecule has 0 bridgehead atoms. The largest absolute Gasteiger partial charge is 0.462 e. The number of imidazole rings is 1. The van der Waals surface area contributed by atoms with Crippen molar-refractivity contribution in [3.05, 3.63) is 59.3 Å². The lowest BCUT2D eigenvalue weighted by Crippen LogP contribution is -2.03. The first-order valence-corrected chi connectivity index (χ1v) is 12.3. The molecule has 0 atom stereocenters. The van der Waals surface area contributed by atoms with Crippen LogP contribution in [0.25, 0.3) is 16.2 Å². The molecule has 0 aliphatic carbocycles. The van der Waals surface area contributed by atoms with Crippen LogP contribution in [0, 0.1) is 6.92 Å². The van der Waals surface area contributed by atoms with Crippen molar-refractivity contribution in [2.45, 2.75) is 18.2 Å². The van der Waals surface area contributed by atoms with E-state index in [2.05, 4.69) is 27.2 Å². The van der Waals surface area contributed by atoms with Gasteiger partial charge in [-0.3, -0.25) is 5.43 Å². The van der Waals surface area contributed by atoms with Crippen LogP contribution in [0.4, 0.5) is 5.13 Å². The minimum Gasteiger partial charge on any atom is -0.462 e. The number of thiazole rings is 1. The molecule has 0 fully saturated rings. The molecule has 1 N–H and O–H groups in total. The summed E-state index contributed by atoms with van der Waals surface area (Å²) in [5.74, 6) is 0.398. The third-order valence-electron chi connectivity index (χ3n) is 4.20. The highest BCUT2D eigenvalue weighted by Crippen LogP contribution is 2.30. The first-order valence-electron chi connectivity index (χ1n) is 9.73. The number of aromatic nitrogens is 4. The van der Waals surface area contributed by atoms with E-state index in [0.29, 0.717) is 22.3 Å². The number of nitrogens with zero attached hydrogens (tertiary/aromatic N) is 5. The van der Waals surface area contributed by atoms with Gasteiger partial charge in [0.1, 0.15) is 16.3 Å². The van der Waals surface area contributed by atoms with E-state index in [-0.39, 0.29) is 5.97 Å². The van der Waals surface area contributed by atoms with E-state index in [1.165, 1.54) is 22.7 Å². The fraction of sp³-hybridized carbons (Fsp3) is 0.190. The molecule has 0 radical (unpaired) electrons. The number of ether oxygens (including phenoxy) is 1. The lowest BCUT2D eigenvalue weighted by Gasteiger charge is -1.99. The van der Waals surface area contributed by atoms with Crippen LogP contribution < -0.4 is 5.43 Å². The Kier molecular flexibility index (Phi) is 6.98. The number of anilines is 1. The summed E-state index contributed by atoms with van der Waals surface area (Å²) in [7, 11) is 0. The van der Waals surface area contributed by atoms with Crippen molar-refractivity contribution in [1.29, 1.82) is 0 Å². The molecule has 0 saturated carbocycles. The molecule has 4 rings (SSSR count). The number of carbonyl (C=O) groups is 1. The Balaban J connectivity index is 1.64. The second-order valence-electron chi connectivity index (χ2n) is 6.40. The molecular formula is C21H20N6O2S3. The van der Waals surface area contributed by atoms with Gasteiger partial charge in [-0.25, -0.2) is 19.3 Å². The maximum atomic E-state index is 12.0. The van der Waals surface area contributed by atoms with Crippen LogP contribution in [0.15, 0.2) is 52.4 Å². The highest BCUT2D eigenvalue weighted by atomic mass is 32.2. The van der Waals surface area contributed by atoms with E-state index in [1.54, 1.807) is 36.3 Å². The second kappa shape index (κ2) is 10.1. The van der Waals surface area contributed by atoms with Crippen LogP contribution in [0.5, 0.6) is 0 Å². The van der Waals surface area contributed by atoms with E-state index in [1.807, 2.05) is 36.4 Å². The number of rotatable bonds is 9. The smallest absolute Gasteiger partial charge is 0.350 e. The molecule has 11 heteroatoms. The van der Waals surface area contributed by atoms with Crippen molar-refractivity contribution in [2.75, 3.05) is 17.8 Å². The molecule has 0 amide bonds. The minimum atomic E-state index is -0.379. The summed E-state index contributed by atoms with van der Waals surface area (Å²) < 4.78 is 7.77. The molecule has 3 aromatic heterocycles. The SMILES string of the molecule is C=CCSc1nn2c(/C=N/Nc3nc(C)c(C(=O)OCC)s3)c(-c3ccccc3)nc2s1. The van der Waals surface area contributed by atoms with Crippen molar-refractivity contribution < 1.29 is 9.53 Å². The number of fused-ring (bicyclic) bond motifs is 1. The molecule has 0 spiro atoms.